The number of hydrogen-bond acceptors (Lipinski definition) is 23. The number of ether oxygens (including phenoxy) is 5. The normalized spacial score (nSPS) is 10.5. The molecule has 0 fully saturated rings. The Morgan fingerprint density at radius 3 is 0.869 bits per heavy atom. The third-order valence-electron chi connectivity index (χ3n) is 23.5. The van der Waals surface area contributed by atoms with Gasteiger partial charge in [0.25, 0.3) is 29.5 Å². The molecular weight excluding hydrogens is 1850 g/mol. The average molecular weight is 1980 g/mol. The lowest BCUT2D eigenvalue weighted by molar-refractivity contribution is -0.132. The number of methoxy groups -OCH3 is 5. The summed E-state index contributed by atoms with van der Waals surface area (Å²) in [6, 6.07) is 86.2. The molecule has 9 amide bonds. The molecule has 1 heterocycles. The molecule has 13 aromatic rings. The minimum Gasteiger partial charge on any atom is -0.508 e. The highest BCUT2D eigenvalue weighted by Crippen LogP contribution is 2.28. The molecule has 0 saturated heterocycles. The summed E-state index contributed by atoms with van der Waals surface area (Å²) in [7, 11) is 11.9. The number of aryl methyl sites for hydroxylation is 1. The highest BCUT2D eigenvalue weighted by molar-refractivity contribution is 5.96. The number of rotatable bonds is 44. The molecule has 760 valence electrons. The molecule has 145 heavy (non-hydrogen) atoms. The summed E-state index contributed by atoms with van der Waals surface area (Å²) in [5.74, 6) is 0.773. The Kier molecular flexibility index (Phi) is 46.4. The minimum absolute atomic E-state index is 0.00591. The van der Waals surface area contributed by atoms with E-state index in [1.807, 2.05) is 182 Å². The number of aromatic hydroxyl groups is 1. The maximum Gasteiger partial charge on any atom is 0.274 e. The number of aromatic nitrogens is 1. The first kappa shape index (κ1) is 112. The molecule has 0 aliphatic heterocycles. The first-order valence-electron chi connectivity index (χ1n) is 46.7. The number of aromatic amines is 1. The number of aliphatic hydroxyl groups is 1. The number of hydroxylamine groups is 5. The van der Waals surface area contributed by atoms with E-state index in [0.29, 0.717) is 142 Å². The van der Waals surface area contributed by atoms with Crippen molar-refractivity contribution in [3.05, 3.63) is 392 Å². The van der Waals surface area contributed by atoms with Crippen LogP contribution < -0.4 is 51.1 Å². The third-order valence-corrected chi connectivity index (χ3v) is 23.5. The van der Waals surface area contributed by atoms with E-state index in [2.05, 4.69) is 16.0 Å². The first-order valence-corrected chi connectivity index (χ1v) is 46.7. The summed E-state index contributed by atoms with van der Waals surface area (Å²) >= 11 is 0. The molecule has 13 N–H and O–H groups in total. The van der Waals surface area contributed by atoms with Crippen molar-refractivity contribution in [3.63, 3.8) is 0 Å². The van der Waals surface area contributed by atoms with Crippen LogP contribution in [-0.4, -0.2) is 214 Å². The van der Waals surface area contributed by atoms with Crippen LogP contribution in [0, 0.1) is 0 Å². The van der Waals surface area contributed by atoms with Crippen molar-refractivity contribution in [2.75, 3.05) is 89.0 Å². The van der Waals surface area contributed by atoms with E-state index in [1.165, 1.54) is 0 Å². The molecule has 0 aliphatic rings. The lowest BCUT2D eigenvalue weighted by Crippen LogP contribution is -2.34. The average Bonchev–Trinajstić information content (AvgIpc) is 1.70. The van der Waals surface area contributed by atoms with Gasteiger partial charge in [-0.15, -0.1) is 0 Å². The fourth-order valence-electron chi connectivity index (χ4n) is 15.5. The van der Waals surface area contributed by atoms with Crippen LogP contribution in [0.2, 0.25) is 0 Å². The Morgan fingerprint density at radius 2 is 0.559 bits per heavy atom. The van der Waals surface area contributed by atoms with Crippen LogP contribution in [0.25, 0.3) is 10.9 Å². The van der Waals surface area contributed by atoms with Gasteiger partial charge in [0.15, 0.2) is 0 Å². The lowest BCUT2D eigenvalue weighted by Gasteiger charge is -2.24. The summed E-state index contributed by atoms with van der Waals surface area (Å²) in [4.78, 5) is 134. The van der Waals surface area contributed by atoms with Gasteiger partial charge in [-0.3, -0.25) is 74.0 Å². The van der Waals surface area contributed by atoms with E-state index in [4.69, 9.17) is 54.8 Å². The van der Waals surface area contributed by atoms with Gasteiger partial charge >= 0.3 is 0 Å². The van der Waals surface area contributed by atoms with Crippen molar-refractivity contribution >= 4 is 69.9 Å². The van der Waals surface area contributed by atoms with E-state index >= 15 is 0 Å². The van der Waals surface area contributed by atoms with Crippen molar-refractivity contribution in [2.45, 2.75) is 96.8 Å². The van der Waals surface area contributed by atoms with Crippen LogP contribution >= 0.6 is 0 Å². The number of Topliss-reactive ketones (excluding diaryl/α,β-unsaturated/α-hetero) is 1. The van der Waals surface area contributed by atoms with Crippen LogP contribution in [0.1, 0.15) is 138 Å². The smallest absolute Gasteiger partial charge is 0.274 e. The molecule has 0 aliphatic carbocycles. The number of carbonyl (C=O) groups is 10. The maximum atomic E-state index is 13.4. The number of nitrogens with zero attached hydrogens (tertiary/aromatic N) is 5. The van der Waals surface area contributed by atoms with Crippen molar-refractivity contribution in [1.82, 2.24) is 56.9 Å². The van der Waals surface area contributed by atoms with Gasteiger partial charge in [0.05, 0.1) is 61.2 Å². The van der Waals surface area contributed by atoms with Crippen LogP contribution in [0.15, 0.2) is 297 Å². The number of nitrogens with one attached hydrogen (secondary N) is 6. The largest absolute Gasteiger partial charge is 0.508 e. The predicted octanol–water partition coefficient (Wildman–Crippen LogP) is 14.1. The number of carbonyl (C=O) groups excluding carboxylic acids is 10. The van der Waals surface area contributed by atoms with Crippen LogP contribution in [0.4, 0.5) is 0 Å². The lowest BCUT2D eigenvalue weighted by atomic mass is 10.0. The quantitative estimate of drug-likeness (QED) is 0.0125. The van der Waals surface area contributed by atoms with Crippen LogP contribution in [0.3, 0.4) is 0 Å². The van der Waals surface area contributed by atoms with Crippen LogP contribution in [0.5, 0.6) is 34.5 Å². The van der Waals surface area contributed by atoms with Crippen molar-refractivity contribution < 1.29 is 108 Å². The molecule has 1 aromatic heterocycles. The molecular formula is C112H125N11O22. The summed E-state index contributed by atoms with van der Waals surface area (Å²) in [6.07, 6.45) is 6.91. The molecule has 0 radical (unpaired) electrons. The van der Waals surface area contributed by atoms with E-state index in [-0.39, 0.29) is 67.5 Å². The number of hydrogen-bond donors (Lipinski definition) is 13. The number of benzene rings is 12. The monoisotopic (exact) mass is 1980 g/mol. The first-order chi connectivity index (χ1) is 70.2. The Balaban J connectivity index is 0.000000203. The zero-order valence-corrected chi connectivity index (χ0v) is 82.1. The SMILES string of the molecule is COc1ccccc1CC(=O)CCc1ccc(C(=O)NO)cc1.COc1ccccc1CC(=O)N(CCCN(C)C)Cc1ccc(C(=O)NO)cc1.COc1ccccc1CC(=O)N(CCCO)Cc1ccc(C(=O)NO)cc1.COc1ccccc1CC(=O)N(CCc1c[nH]c2ccccc12)Cc1ccc(C(=O)NO)cc1.COc1ccccc1CC(=O)N(CCc1ccc(O)cc1)Cc1ccc(C(=O)NO)cc1. The molecule has 33 nitrogen and oxygen atoms in total. The summed E-state index contributed by atoms with van der Waals surface area (Å²) in [5.41, 5.74) is 21.6. The molecule has 33 heteroatoms. The van der Waals surface area contributed by atoms with E-state index in [1.54, 1.807) is 206 Å². The number of para-hydroxylation sites is 6. The number of ketones is 1. The Bertz CT molecular complexity index is 6330. The highest BCUT2D eigenvalue weighted by atomic mass is 16.5. The molecule has 0 spiro atoms. The second-order valence-corrected chi connectivity index (χ2v) is 33.7. The summed E-state index contributed by atoms with van der Waals surface area (Å²) in [6.45, 7) is 4.52. The fraction of sp³-hybridized carbons (Fsp3) is 0.250. The topological polar surface area (TPSA) is 451 Å². The highest BCUT2D eigenvalue weighted by Gasteiger charge is 2.24. The van der Waals surface area contributed by atoms with Gasteiger partial charge in [0.1, 0.15) is 40.3 Å². The zero-order valence-electron chi connectivity index (χ0n) is 82.1. The Morgan fingerprint density at radius 1 is 0.290 bits per heavy atom. The standard InChI is InChI=1S/C27H27N3O4.C25H26N2O5.C22H29N3O4.C20H24N2O5.C18H19NO4/c1-34-25-9-5-2-6-21(25)16-26(31)30(18-19-10-12-20(13-11-19)27(32)29-33)15-14-22-17-28-24-8-4-3-7-23(22)24;1-32-23-5-3-2-4-21(23)16-24(29)27(15-14-18-8-12-22(28)13-9-18)17-19-6-10-20(11-7-19)25(30)26-31;1-24(2)13-6-14-25(16-17-9-11-18(12-10-17)22(27)23-28)21(26)15-19-7-4-5-8-20(19)29-3;1-27-18-6-3-2-5-17(18)13-19(24)22(11-4-12-23)14-15-7-9-16(10-8-15)20(25)21-26;1-23-17-5-3-2-4-15(17)12-16(20)11-8-13-6-9-14(10-7-13)18(21)19-22/h2-13,17,28,33H,14-16,18H2,1H3,(H,29,32);2-13,28,31H,14-17H2,1H3,(H,26,30);4-5,7-12,28H,6,13-16H2,1-3H3,(H,23,27);2-3,5-10,23,26H,4,11-14H2,1H3,(H,21,25);2-7,9-10,22H,8,11-12H2,1H3,(H,19,21). The van der Waals surface area contributed by atoms with Crippen LogP contribution in [-0.2, 0) is 102 Å². The van der Waals surface area contributed by atoms with Gasteiger partial charge < -0.3 is 63.4 Å². The van der Waals surface area contributed by atoms with Crippen molar-refractivity contribution in [2.24, 2.45) is 0 Å². The summed E-state index contributed by atoms with van der Waals surface area (Å²) in [5, 5.41) is 63.3. The molecule has 0 saturated carbocycles. The molecule has 13 rings (SSSR count). The molecule has 12 aromatic carbocycles. The molecule has 0 bridgehead atoms. The van der Waals surface area contributed by atoms with Crippen molar-refractivity contribution in [3.8, 4) is 34.5 Å². The zero-order chi connectivity index (χ0) is 104. The Labute approximate surface area is 842 Å². The van der Waals surface area contributed by atoms with E-state index in [0.717, 1.165) is 96.4 Å². The second-order valence-electron chi connectivity index (χ2n) is 33.7. The second kappa shape index (κ2) is 60.0. The number of phenols is 1. The number of aliphatic hydroxyl groups excluding tert-OH is 1. The van der Waals surface area contributed by atoms with Crippen molar-refractivity contribution in [1.29, 1.82) is 0 Å². The van der Waals surface area contributed by atoms with E-state index < -0.39 is 29.5 Å². The van der Waals surface area contributed by atoms with Gasteiger partial charge in [-0.05, 0) is 201 Å². The number of amides is 9. The minimum atomic E-state index is -0.592. The third kappa shape index (κ3) is 36.3. The number of H-pyrrole nitrogens is 1. The maximum absolute atomic E-state index is 13.4. The van der Waals surface area contributed by atoms with Gasteiger partial charge in [-0.1, -0.05) is 182 Å². The van der Waals surface area contributed by atoms with Gasteiger partial charge in [0.2, 0.25) is 23.6 Å². The van der Waals surface area contributed by atoms with Gasteiger partial charge in [0, 0.05) is 145 Å². The predicted molar refractivity (Wildman–Crippen MR) is 546 cm³/mol. The molecule has 0 unspecified atom stereocenters. The van der Waals surface area contributed by atoms with Gasteiger partial charge in [-0.25, -0.2) is 27.4 Å². The number of fused-ring (bicyclic) bond motifs is 1. The van der Waals surface area contributed by atoms with Gasteiger partial charge in [-0.2, -0.15) is 0 Å². The molecule has 0 atom stereocenters. The number of phenolic OH excluding ortho intramolecular Hbond substituents is 1. The Hall–Kier alpha value is -16.4. The van der Waals surface area contributed by atoms with E-state index in [9.17, 15) is 53.1 Å². The summed E-state index contributed by atoms with van der Waals surface area (Å²) < 4.78 is 26.7. The fourth-order valence-corrected chi connectivity index (χ4v) is 15.5.